The molecule has 0 rings (SSSR count). The fraction of sp³-hybridized carbons (Fsp3) is 0.920. The van der Waals surface area contributed by atoms with E-state index in [2.05, 4.69) is 13.8 Å². The molecule has 5 nitrogen and oxygen atoms in total. The van der Waals surface area contributed by atoms with Crippen LogP contribution in [0.5, 0.6) is 0 Å². The number of aliphatic carboxylic acids is 2. The number of carboxylic acid groups (broad SMARTS) is 2. The van der Waals surface area contributed by atoms with Gasteiger partial charge < -0.3 is 10.2 Å². The highest BCUT2D eigenvalue weighted by Gasteiger charge is 2.29. The Balaban J connectivity index is 3.98. The molecule has 0 saturated heterocycles. The number of carboxylic acids is 2. The van der Waals surface area contributed by atoms with Crippen LogP contribution in [0.25, 0.3) is 0 Å². The van der Waals surface area contributed by atoms with Gasteiger partial charge in [-0.15, -0.1) is 0 Å². The molecule has 0 aromatic heterocycles. The van der Waals surface area contributed by atoms with Crippen molar-refractivity contribution in [2.24, 2.45) is 0 Å². The summed E-state index contributed by atoms with van der Waals surface area (Å²) in [4.78, 5) is 24.6. The van der Waals surface area contributed by atoms with Crippen LogP contribution < -0.4 is 0 Å². The third-order valence-electron chi connectivity index (χ3n) is 6.26. The average Bonchev–Trinajstić information content (AvgIpc) is 2.71. The predicted molar refractivity (Wildman–Crippen MR) is 125 cm³/mol. The van der Waals surface area contributed by atoms with Crippen molar-refractivity contribution < 1.29 is 19.8 Å². The van der Waals surface area contributed by atoms with Crippen molar-refractivity contribution in [3.05, 3.63) is 0 Å². The van der Waals surface area contributed by atoms with Gasteiger partial charge in [0.2, 0.25) is 0 Å². The molecule has 0 amide bonds. The van der Waals surface area contributed by atoms with E-state index in [0.29, 0.717) is 6.54 Å². The number of carbonyl (C=O) groups is 2. The molecule has 0 aliphatic carbocycles. The molecule has 1 unspecified atom stereocenters. The molecule has 30 heavy (non-hydrogen) atoms. The minimum absolute atomic E-state index is 0.0946. The van der Waals surface area contributed by atoms with E-state index in [1.807, 2.05) is 11.8 Å². The summed E-state index contributed by atoms with van der Waals surface area (Å²) in [6.07, 6.45) is 19.3. The molecule has 0 radical (unpaired) electrons. The van der Waals surface area contributed by atoms with E-state index in [1.54, 1.807) is 0 Å². The molecule has 0 aliphatic heterocycles. The lowest BCUT2D eigenvalue weighted by Crippen LogP contribution is -2.47. The predicted octanol–water partition coefficient (Wildman–Crippen LogP) is 6.89. The molecule has 0 fully saturated rings. The first-order valence-corrected chi connectivity index (χ1v) is 12.7. The lowest BCUT2D eigenvalue weighted by Gasteiger charge is -2.35. The van der Waals surface area contributed by atoms with Gasteiger partial charge in [0, 0.05) is 12.5 Å². The topological polar surface area (TPSA) is 77.8 Å². The van der Waals surface area contributed by atoms with E-state index >= 15 is 0 Å². The summed E-state index contributed by atoms with van der Waals surface area (Å²) >= 11 is 0. The van der Waals surface area contributed by atoms with Gasteiger partial charge in [-0.05, 0) is 25.8 Å². The minimum atomic E-state index is -0.929. The highest BCUT2D eigenvalue weighted by Crippen LogP contribution is 2.20. The van der Waals surface area contributed by atoms with Crippen LogP contribution in [0.4, 0.5) is 0 Å². The second kappa shape index (κ2) is 19.8. The summed E-state index contributed by atoms with van der Waals surface area (Å²) in [5.74, 6) is -1.83. The molecule has 2 N–H and O–H groups in total. The summed E-state index contributed by atoms with van der Waals surface area (Å²) in [6, 6.07) is -0.476. The molecule has 0 aliphatic rings. The van der Waals surface area contributed by atoms with E-state index < -0.39 is 18.0 Å². The van der Waals surface area contributed by atoms with Crippen LogP contribution in [0, 0.1) is 0 Å². The van der Waals surface area contributed by atoms with Crippen molar-refractivity contribution in [2.75, 3.05) is 6.54 Å². The molecule has 178 valence electrons. The summed E-state index contributed by atoms with van der Waals surface area (Å²) in [5, 5.41) is 18.5. The van der Waals surface area contributed by atoms with Crippen LogP contribution >= 0.6 is 0 Å². The Kier molecular flexibility index (Phi) is 19.1. The molecule has 0 aromatic rings. The lowest BCUT2D eigenvalue weighted by molar-refractivity contribution is -0.145. The quantitative estimate of drug-likeness (QED) is 0.184. The normalized spacial score (nSPS) is 13.5. The van der Waals surface area contributed by atoms with E-state index in [4.69, 9.17) is 5.11 Å². The van der Waals surface area contributed by atoms with Gasteiger partial charge in [0.05, 0.1) is 0 Å². The van der Waals surface area contributed by atoms with Crippen LogP contribution in [-0.2, 0) is 9.59 Å². The highest BCUT2D eigenvalue weighted by molar-refractivity contribution is 5.75. The first-order valence-electron chi connectivity index (χ1n) is 12.7. The van der Waals surface area contributed by atoms with Gasteiger partial charge in [0.15, 0.2) is 0 Å². The summed E-state index contributed by atoms with van der Waals surface area (Å²) in [7, 11) is 0. The molecule has 5 heteroatoms. The largest absolute Gasteiger partial charge is 0.481 e. The average molecular weight is 428 g/mol. The fourth-order valence-electron chi connectivity index (χ4n) is 4.43. The summed E-state index contributed by atoms with van der Waals surface area (Å²) in [5.41, 5.74) is 0. The molecular formula is C25H49NO4. The zero-order chi connectivity index (χ0) is 22.6. The van der Waals surface area contributed by atoms with Crippen molar-refractivity contribution in [3.63, 3.8) is 0 Å². The Morgan fingerprint density at radius 1 is 0.700 bits per heavy atom. The zero-order valence-corrected chi connectivity index (χ0v) is 20.0. The number of hydrogen-bond acceptors (Lipinski definition) is 3. The monoisotopic (exact) mass is 427 g/mol. The number of hydrogen-bond donors (Lipinski definition) is 2. The van der Waals surface area contributed by atoms with Crippen molar-refractivity contribution >= 4 is 11.9 Å². The van der Waals surface area contributed by atoms with Crippen LogP contribution in [0.1, 0.15) is 130 Å². The van der Waals surface area contributed by atoms with E-state index in [9.17, 15) is 14.7 Å². The maximum absolute atomic E-state index is 11.7. The third-order valence-corrected chi connectivity index (χ3v) is 6.26. The van der Waals surface area contributed by atoms with Gasteiger partial charge in [-0.1, -0.05) is 104 Å². The number of likely N-dealkylation sites (N-methyl/N-ethyl adjacent to an activating group) is 1. The van der Waals surface area contributed by atoms with Gasteiger partial charge in [-0.25, -0.2) is 0 Å². The Labute approximate surface area is 185 Å². The van der Waals surface area contributed by atoms with Crippen molar-refractivity contribution in [1.29, 1.82) is 0 Å². The van der Waals surface area contributed by atoms with E-state index in [0.717, 1.165) is 19.3 Å². The number of nitrogens with zero attached hydrogens (tertiary/aromatic N) is 1. The van der Waals surface area contributed by atoms with Gasteiger partial charge >= 0.3 is 11.9 Å². The molecule has 0 heterocycles. The molecule has 2 atom stereocenters. The van der Waals surface area contributed by atoms with Gasteiger partial charge in [0.1, 0.15) is 6.04 Å². The van der Waals surface area contributed by atoms with E-state index in [1.165, 1.54) is 77.0 Å². The molecular weight excluding hydrogens is 378 g/mol. The number of unbranched alkanes of at least 4 members (excludes halogenated alkanes) is 12. The third kappa shape index (κ3) is 14.8. The molecule has 0 spiro atoms. The number of rotatable bonds is 22. The van der Waals surface area contributed by atoms with Crippen LogP contribution in [0.15, 0.2) is 0 Å². The smallest absolute Gasteiger partial charge is 0.320 e. The maximum atomic E-state index is 11.7. The second-order valence-corrected chi connectivity index (χ2v) is 8.71. The first kappa shape index (κ1) is 28.9. The van der Waals surface area contributed by atoms with Crippen molar-refractivity contribution in [2.45, 2.75) is 142 Å². The summed E-state index contributed by atoms with van der Waals surface area (Å²) < 4.78 is 0. The van der Waals surface area contributed by atoms with Crippen molar-refractivity contribution in [3.8, 4) is 0 Å². The Morgan fingerprint density at radius 2 is 1.17 bits per heavy atom. The standard InChI is InChI=1S/C25H49NO4/c1-4-7-8-9-10-11-12-13-14-15-16-17-18-19-22(5-2)26(6-3)23(25(29)30)20-21-24(27)28/h22-23H,4-21H2,1-3H3,(H,27,28)(H,29,30)/t22?,23-/m0/s1. The second-order valence-electron chi connectivity index (χ2n) is 8.71. The summed E-state index contributed by atoms with van der Waals surface area (Å²) in [6.45, 7) is 6.99. The van der Waals surface area contributed by atoms with Gasteiger partial charge in [0.25, 0.3) is 0 Å². The maximum Gasteiger partial charge on any atom is 0.320 e. The Hall–Kier alpha value is -1.10. The SMILES string of the molecule is CCCCCCCCCCCCCCCC(CC)N(CC)[C@@H](CCC(=O)O)C(=O)O. The van der Waals surface area contributed by atoms with Gasteiger partial charge in [-0.2, -0.15) is 0 Å². The molecule has 0 aromatic carbocycles. The zero-order valence-electron chi connectivity index (χ0n) is 20.0. The van der Waals surface area contributed by atoms with Crippen molar-refractivity contribution in [1.82, 2.24) is 4.90 Å². The molecule has 0 bridgehead atoms. The Bertz CT molecular complexity index is 427. The van der Waals surface area contributed by atoms with E-state index in [-0.39, 0.29) is 18.9 Å². The fourth-order valence-corrected chi connectivity index (χ4v) is 4.43. The van der Waals surface area contributed by atoms with Crippen LogP contribution in [-0.4, -0.2) is 45.7 Å². The lowest BCUT2D eigenvalue weighted by atomic mass is 9.99. The first-order chi connectivity index (χ1) is 14.5. The minimum Gasteiger partial charge on any atom is -0.481 e. The van der Waals surface area contributed by atoms with Gasteiger partial charge in [-0.3, -0.25) is 14.5 Å². The molecule has 0 saturated carbocycles. The van der Waals surface area contributed by atoms with Crippen LogP contribution in [0.2, 0.25) is 0 Å². The van der Waals surface area contributed by atoms with Crippen LogP contribution in [0.3, 0.4) is 0 Å². The highest BCUT2D eigenvalue weighted by atomic mass is 16.4. The Morgan fingerprint density at radius 3 is 1.53 bits per heavy atom.